The van der Waals surface area contributed by atoms with Gasteiger partial charge in [0.15, 0.2) is 0 Å². The van der Waals surface area contributed by atoms with Crippen molar-refractivity contribution >= 4 is 21.6 Å². The van der Waals surface area contributed by atoms with E-state index in [0.29, 0.717) is 6.04 Å². The zero-order chi connectivity index (χ0) is 13.0. The molecular formula is C14H21N3S. The van der Waals surface area contributed by atoms with Crippen molar-refractivity contribution in [2.24, 2.45) is 0 Å². The first-order valence-corrected chi connectivity index (χ1v) is 7.49. The third-order valence-corrected chi connectivity index (χ3v) is 4.11. The Bertz CT molecular complexity index is 507. The van der Waals surface area contributed by atoms with E-state index in [-0.39, 0.29) is 0 Å². The van der Waals surface area contributed by atoms with Gasteiger partial charge in [-0.15, -0.1) is 11.3 Å². The Balaban J connectivity index is 2.19. The summed E-state index contributed by atoms with van der Waals surface area (Å²) in [4.78, 5) is 11.2. The fraction of sp³-hybridized carbons (Fsp3) is 0.571. The summed E-state index contributed by atoms with van der Waals surface area (Å²) in [7, 11) is 0. The highest BCUT2D eigenvalue weighted by Gasteiger charge is 2.12. The number of aryl methyl sites for hydroxylation is 1. The molecule has 1 atom stereocenters. The summed E-state index contributed by atoms with van der Waals surface area (Å²) >= 11 is 1.75. The standard InChI is InChI=1S/C14H21N3S/c1-4-6-15-11(5-2)8-13-12-7-10(3)18-14(12)17-9-16-13/h7,9,11,15H,4-6,8H2,1-3H3. The average Bonchev–Trinajstić information content (AvgIpc) is 2.75. The average molecular weight is 263 g/mol. The zero-order valence-electron chi connectivity index (χ0n) is 11.4. The van der Waals surface area contributed by atoms with Gasteiger partial charge in [0.2, 0.25) is 0 Å². The van der Waals surface area contributed by atoms with Crippen molar-refractivity contribution in [1.82, 2.24) is 15.3 Å². The molecular weight excluding hydrogens is 242 g/mol. The first-order chi connectivity index (χ1) is 8.74. The molecule has 0 aliphatic heterocycles. The first kappa shape index (κ1) is 13.4. The fourth-order valence-electron chi connectivity index (χ4n) is 2.13. The second-order valence-electron chi connectivity index (χ2n) is 4.66. The minimum atomic E-state index is 0.517. The van der Waals surface area contributed by atoms with Crippen molar-refractivity contribution in [2.75, 3.05) is 6.54 Å². The maximum absolute atomic E-state index is 4.47. The molecule has 98 valence electrons. The maximum Gasteiger partial charge on any atom is 0.127 e. The Hall–Kier alpha value is -1.00. The van der Waals surface area contributed by atoms with Crippen LogP contribution in [0.1, 0.15) is 37.3 Å². The minimum absolute atomic E-state index is 0.517. The van der Waals surface area contributed by atoms with E-state index in [1.807, 2.05) is 0 Å². The van der Waals surface area contributed by atoms with Crippen LogP contribution in [0.3, 0.4) is 0 Å². The van der Waals surface area contributed by atoms with Crippen LogP contribution in [0.5, 0.6) is 0 Å². The van der Waals surface area contributed by atoms with Crippen LogP contribution in [-0.4, -0.2) is 22.6 Å². The number of nitrogens with zero attached hydrogens (tertiary/aromatic N) is 2. The molecule has 0 saturated carbocycles. The van der Waals surface area contributed by atoms with E-state index < -0.39 is 0 Å². The lowest BCUT2D eigenvalue weighted by Gasteiger charge is -2.16. The predicted octanol–water partition coefficient (Wildman–Crippen LogP) is 3.32. The number of nitrogens with one attached hydrogen (secondary N) is 1. The normalized spacial score (nSPS) is 13.1. The smallest absolute Gasteiger partial charge is 0.127 e. The van der Waals surface area contributed by atoms with E-state index in [9.17, 15) is 0 Å². The van der Waals surface area contributed by atoms with Gasteiger partial charge >= 0.3 is 0 Å². The van der Waals surface area contributed by atoms with E-state index in [1.165, 1.54) is 22.4 Å². The third kappa shape index (κ3) is 3.06. The van der Waals surface area contributed by atoms with Gasteiger partial charge in [0.05, 0.1) is 5.69 Å². The zero-order valence-corrected chi connectivity index (χ0v) is 12.2. The number of aromatic nitrogens is 2. The topological polar surface area (TPSA) is 37.8 Å². The Morgan fingerprint density at radius 2 is 2.17 bits per heavy atom. The number of thiophene rings is 1. The van der Waals surface area contributed by atoms with Gasteiger partial charge in [0.25, 0.3) is 0 Å². The number of hydrogen-bond acceptors (Lipinski definition) is 4. The van der Waals surface area contributed by atoms with Crippen LogP contribution in [0.2, 0.25) is 0 Å². The van der Waals surface area contributed by atoms with Crippen LogP contribution < -0.4 is 5.32 Å². The molecule has 18 heavy (non-hydrogen) atoms. The molecule has 0 bridgehead atoms. The van der Waals surface area contributed by atoms with E-state index in [1.54, 1.807) is 17.7 Å². The molecule has 2 aromatic heterocycles. The lowest BCUT2D eigenvalue weighted by molar-refractivity contribution is 0.492. The molecule has 0 fully saturated rings. The molecule has 1 unspecified atom stereocenters. The Kier molecular flexibility index (Phi) is 4.66. The lowest BCUT2D eigenvalue weighted by atomic mass is 10.1. The monoisotopic (exact) mass is 263 g/mol. The van der Waals surface area contributed by atoms with Crippen molar-refractivity contribution in [2.45, 2.75) is 46.1 Å². The summed E-state index contributed by atoms with van der Waals surface area (Å²) in [5.41, 5.74) is 1.18. The largest absolute Gasteiger partial charge is 0.314 e. The van der Waals surface area contributed by atoms with E-state index in [2.05, 4.69) is 42.1 Å². The summed E-state index contributed by atoms with van der Waals surface area (Å²) in [6.45, 7) is 7.63. The molecule has 0 aromatic carbocycles. The van der Waals surface area contributed by atoms with Gasteiger partial charge in [-0.25, -0.2) is 9.97 Å². The molecule has 0 radical (unpaired) electrons. The molecule has 1 N–H and O–H groups in total. The summed E-state index contributed by atoms with van der Waals surface area (Å²) in [5.74, 6) is 0. The highest BCUT2D eigenvalue weighted by atomic mass is 32.1. The van der Waals surface area contributed by atoms with Gasteiger partial charge < -0.3 is 5.32 Å². The summed E-state index contributed by atoms with van der Waals surface area (Å²) in [6, 6.07) is 2.73. The van der Waals surface area contributed by atoms with Gasteiger partial charge in [-0.3, -0.25) is 0 Å². The minimum Gasteiger partial charge on any atom is -0.314 e. The van der Waals surface area contributed by atoms with Crippen LogP contribution in [0.25, 0.3) is 10.2 Å². The fourth-order valence-corrected chi connectivity index (χ4v) is 3.00. The molecule has 3 nitrogen and oxygen atoms in total. The van der Waals surface area contributed by atoms with Crippen molar-refractivity contribution < 1.29 is 0 Å². The summed E-state index contributed by atoms with van der Waals surface area (Å²) in [6.07, 6.45) is 4.99. The maximum atomic E-state index is 4.47. The summed E-state index contributed by atoms with van der Waals surface area (Å²) in [5, 5.41) is 4.82. The van der Waals surface area contributed by atoms with Crippen LogP contribution in [0, 0.1) is 6.92 Å². The van der Waals surface area contributed by atoms with E-state index in [4.69, 9.17) is 0 Å². The second-order valence-corrected chi connectivity index (χ2v) is 5.89. The van der Waals surface area contributed by atoms with Crippen molar-refractivity contribution in [3.05, 3.63) is 23.0 Å². The van der Waals surface area contributed by atoms with E-state index >= 15 is 0 Å². The van der Waals surface area contributed by atoms with Crippen LogP contribution >= 0.6 is 11.3 Å². The molecule has 0 aliphatic carbocycles. The van der Waals surface area contributed by atoms with Gasteiger partial charge in [-0.1, -0.05) is 13.8 Å². The molecule has 2 aromatic rings. The third-order valence-electron chi connectivity index (χ3n) is 3.15. The van der Waals surface area contributed by atoms with Crippen LogP contribution in [0.4, 0.5) is 0 Å². The van der Waals surface area contributed by atoms with Gasteiger partial charge in [0.1, 0.15) is 11.2 Å². The Labute approximate surface area is 113 Å². The predicted molar refractivity (Wildman–Crippen MR) is 78.2 cm³/mol. The SMILES string of the molecule is CCCNC(CC)Cc1ncnc2sc(C)cc12. The molecule has 2 rings (SSSR count). The molecule has 2 heterocycles. The first-order valence-electron chi connectivity index (χ1n) is 6.68. The highest BCUT2D eigenvalue weighted by Crippen LogP contribution is 2.25. The van der Waals surface area contributed by atoms with Crippen molar-refractivity contribution in [3.8, 4) is 0 Å². The lowest BCUT2D eigenvalue weighted by Crippen LogP contribution is -2.31. The number of rotatable bonds is 6. The molecule has 4 heteroatoms. The Morgan fingerprint density at radius 1 is 1.33 bits per heavy atom. The van der Waals surface area contributed by atoms with Crippen LogP contribution in [0.15, 0.2) is 12.4 Å². The van der Waals surface area contributed by atoms with Crippen LogP contribution in [-0.2, 0) is 6.42 Å². The molecule has 0 spiro atoms. The Morgan fingerprint density at radius 3 is 2.89 bits per heavy atom. The van der Waals surface area contributed by atoms with Crippen molar-refractivity contribution in [3.63, 3.8) is 0 Å². The number of hydrogen-bond donors (Lipinski definition) is 1. The van der Waals surface area contributed by atoms with Crippen molar-refractivity contribution in [1.29, 1.82) is 0 Å². The van der Waals surface area contributed by atoms with Gasteiger partial charge in [0, 0.05) is 22.7 Å². The second kappa shape index (κ2) is 6.25. The number of fused-ring (bicyclic) bond motifs is 1. The highest BCUT2D eigenvalue weighted by molar-refractivity contribution is 7.18. The molecule has 0 aliphatic rings. The quantitative estimate of drug-likeness (QED) is 0.868. The molecule has 0 saturated heterocycles. The molecule has 0 amide bonds. The summed E-state index contributed by atoms with van der Waals surface area (Å²) < 4.78 is 0. The van der Waals surface area contributed by atoms with Gasteiger partial charge in [-0.05, 0) is 32.4 Å². The van der Waals surface area contributed by atoms with E-state index in [0.717, 1.165) is 24.2 Å². The van der Waals surface area contributed by atoms with Gasteiger partial charge in [-0.2, -0.15) is 0 Å².